The van der Waals surface area contributed by atoms with E-state index in [1.165, 1.54) is 10.8 Å². The molecule has 0 aliphatic carbocycles. The summed E-state index contributed by atoms with van der Waals surface area (Å²) in [5.41, 5.74) is 4.30. The second kappa shape index (κ2) is 9.04. The van der Waals surface area contributed by atoms with Crippen LogP contribution in [0, 0.1) is 0 Å². The van der Waals surface area contributed by atoms with Crippen molar-refractivity contribution in [3.8, 4) is 17.0 Å². The molecule has 2 N–H and O–H groups in total. The van der Waals surface area contributed by atoms with E-state index < -0.39 is 0 Å². The van der Waals surface area contributed by atoms with Crippen LogP contribution in [-0.2, 0) is 4.79 Å². The maximum atomic E-state index is 11.4. The zero-order chi connectivity index (χ0) is 19.9. The molecule has 5 nitrogen and oxygen atoms in total. The number of aromatic nitrogens is 2. The monoisotopic (exact) mass is 375 g/mol. The summed E-state index contributed by atoms with van der Waals surface area (Å²) in [6.45, 7) is 6.43. The maximum Gasteiger partial charge on any atom is 0.257 e. The number of ether oxygens (including phenoxy) is 1. The lowest BCUT2D eigenvalue weighted by atomic mass is 10.1. The molecule has 0 fully saturated rings. The third-order valence-corrected chi connectivity index (χ3v) is 4.30. The Hall–Kier alpha value is -3.34. The first-order valence-electron chi connectivity index (χ1n) is 9.61. The fraction of sp³-hybridized carbons (Fsp3) is 0.217. The van der Waals surface area contributed by atoms with Gasteiger partial charge in [-0.1, -0.05) is 44.2 Å². The van der Waals surface area contributed by atoms with Crippen LogP contribution in [0.3, 0.4) is 0 Å². The van der Waals surface area contributed by atoms with E-state index in [1.54, 1.807) is 12.3 Å². The summed E-state index contributed by atoms with van der Waals surface area (Å²) >= 11 is 0. The number of nitrogens with zero attached hydrogens (tertiary/aromatic N) is 1. The molecular formula is C23H25N3O2. The predicted molar refractivity (Wildman–Crippen MR) is 115 cm³/mol. The summed E-state index contributed by atoms with van der Waals surface area (Å²) in [7, 11) is 0. The van der Waals surface area contributed by atoms with E-state index in [1.807, 2.05) is 39.0 Å². The Balaban J connectivity index is 0.00000109. The van der Waals surface area contributed by atoms with Gasteiger partial charge in [0.25, 0.3) is 5.91 Å². The van der Waals surface area contributed by atoms with Crippen molar-refractivity contribution >= 4 is 27.7 Å². The molecule has 2 heterocycles. The van der Waals surface area contributed by atoms with Crippen LogP contribution in [0.25, 0.3) is 32.9 Å². The number of para-hydroxylation sites is 1. The average Bonchev–Trinajstić information content (AvgIpc) is 3.12. The molecule has 0 spiro atoms. The Morgan fingerprint density at radius 2 is 1.75 bits per heavy atom. The summed E-state index contributed by atoms with van der Waals surface area (Å²) in [6.07, 6.45) is 1.76. The number of hydrogen-bond donors (Lipinski definition) is 2. The summed E-state index contributed by atoms with van der Waals surface area (Å²) in [4.78, 5) is 19.2. The first kappa shape index (κ1) is 19.4. The highest BCUT2D eigenvalue weighted by Gasteiger charge is 2.07. The third-order valence-electron chi connectivity index (χ3n) is 4.30. The number of carbonyl (C=O) groups is 1. The van der Waals surface area contributed by atoms with E-state index in [0.29, 0.717) is 12.4 Å². The van der Waals surface area contributed by atoms with E-state index in [-0.39, 0.29) is 12.5 Å². The van der Waals surface area contributed by atoms with E-state index in [2.05, 4.69) is 45.6 Å². The van der Waals surface area contributed by atoms with Crippen LogP contribution < -0.4 is 10.1 Å². The zero-order valence-corrected chi connectivity index (χ0v) is 16.5. The van der Waals surface area contributed by atoms with E-state index in [9.17, 15) is 4.79 Å². The minimum Gasteiger partial charge on any atom is -0.468 e. The van der Waals surface area contributed by atoms with Gasteiger partial charge >= 0.3 is 0 Å². The van der Waals surface area contributed by atoms with Gasteiger partial charge in [0.15, 0.2) is 6.61 Å². The fourth-order valence-corrected chi connectivity index (χ4v) is 3.06. The Labute approximate surface area is 164 Å². The van der Waals surface area contributed by atoms with E-state index >= 15 is 0 Å². The molecule has 0 saturated heterocycles. The topological polar surface area (TPSA) is 67.0 Å². The Kier molecular flexibility index (Phi) is 6.27. The number of rotatable bonds is 5. The molecule has 0 radical (unpaired) electrons. The van der Waals surface area contributed by atoms with Gasteiger partial charge in [0.2, 0.25) is 5.88 Å². The highest BCUT2D eigenvalue weighted by atomic mass is 16.5. The highest BCUT2D eigenvalue weighted by Crippen LogP contribution is 2.29. The predicted octanol–water partition coefficient (Wildman–Crippen LogP) is 4.92. The minimum absolute atomic E-state index is 0.0266. The fourth-order valence-electron chi connectivity index (χ4n) is 3.06. The lowest BCUT2D eigenvalue weighted by Gasteiger charge is -2.06. The Morgan fingerprint density at radius 1 is 1.00 bits per heavy atom. The second-order valence-corrected chi connectivity index (χ2v) is 6.06. The van der Waals surface area contributed by atoms with Crippen LogP contribution in [-0.4, -0.2) is 29.0 Å². The SMILES string of the molecule is CC.CCNC(=O)COc1ccc(-c2ccc3c(c2)[nH]c2ccccc23)cn1. The number of pyridine rings is 1. The van der Waals surface area contributed by atoms with Crippen LogP contribution in [0.1, 0.15) is 20.8 Å². The summed E-state index contributed by atoms with van der Waals surface area (Å²) in [5.74, 6) is 0.286. The van der Waals surface area contributed by atoms with E-state index in [4.69, 9.17) is 4.74 Å². The van der Waals surface area contributed by atoms with Crippen LogP contribution in [0.15, 0.2) is 60.8 Å². The Morgan fingerprint density at radius 3 is 2.50 bits per heavy atom. The van der Waals surface area contributed by atoms with Crippen LogP contribution >= 0.6 is 0 Å². The van der Waals surface area contributed by atoms with Crippen molar-refractivity contribution in [1.29, 1.82) is 0 Å². The van der Waals surface area contributed by atoms with Crippen molar-refractivity contribution in [2.75, 3.05) is 13.2 Å². The van der Waals surface area contributed by atoms with Crippen molar-refractivity contribution < 1.29 is 9.53 Å². The molecule has 0 atom stereocenters. The molecule has 2 aromatic carbocycles. The van der Waals surface area contributed by atoms with Gasteiger partial charge in [-0.2, -0.15) is 0 Å². The molecule has 0 saturated carbocycles. The van der Waals surface area contributed by atoms with Gasteiger partial charge in [0.05, 0.1) is 0 Å². The second-order valence-electron chi connectivity index (χ2n) is 6.06. The molecule has 0 unspecified atom stereocenters. The van der Waals surface area contributed by atoms with Gasteiger partial charge in [0.1, 0.15) is 0 Å². The normalized spacial score (nSPS) is 10.4. The van der Waals surface area contributed by atoms with Crippen molar-refractivity contribution in [2.45, 2.75) is 20.8 Å². The molecule has 28 heavy (non-hydrogen) atoms. The van der Waals surface area contributed by atoms with Crippen LogP contribution in [0.4, 0.5) is 0 Å². The van der Waals surface area contributed by atoms with Crippen molar-refractivity contribution in [1.82, 2.24) is 15.3 Å². The molecule has 0 aliphatic rings. The highest BCUT2D eigenvalue weighted by molar-refractivity contribution is 6.08. The van der Waals surface area contributed by atoms with Gasteiger partial charge in [-0.3, -0.25) is 4.79 Å². The molecule has 4 aromatic rings. The standard InChI is InChI=1S/C21H19N3O2.C2H6/c1-2-22-20(25)13-26-21-10-8-15(12-23-21)14-7-9-17-16-5-3-4-6-18(16)24-19(17)11-14;1-2/h3-12,24H,2,13H2,1H3,(H,22,25);1-2H3. The molecule has 0 bridgehead atoms. The lowest BCUT2D eigenvalue weighted by Crippen LogP contribution is -2.28. The summed E-state index contributed by atoms with van der Waals surface area (Å²) in [5, 5.41) is 5.12. The number of nitrogens with one attached hydrogen (secondary N) is 2. The molecule has 5 heteroatoms. The Bertz CT molecular complexity index is 1070. The number of fused-ring (bicyclic) bond motifs is 3. The molecule has 2 aromatic heterocycles. The summed E-state index contributed by atoms with van der Waals surface area (Å²) < 4.78 is 5.39. The quantitative estimate of drug-likeness (QED) is 0.520. The van der Waals surface area contributed by atoms with Gasteiger partial charge in [0, 0.05) is 46.2 Å². The minimum atomic E-state index is -0.150. The number of benzene rings is 2. The van der Waals surface area contributed by atoms with E-state index in [0.717, 1.165) is 22.2 Å². The summed E-state index contributed by atoms with van der Waals surface area (Å²) in [6, 6.07) is 18.4. The molecular weight excluding hydrogens is 350 g/mol. The third kappa shape index (κ3) is 4.14. The number of amides is 1. The van der Waals surface area contributed by atoms with Crippen LogP contribution in [0.5, 0.6) is 5.88 Å². The largest absolute Gasteiger partial charge is 0.468 e. The maximum absolute atomic E-state index is 11.4. The number of hydrogen-bond acceptors (Lipinski definition) is 3. The van der Waals surface area contributed by atoms with Gasteiger partial charge in [-0.25, -0.2) is 4.98 Å². The number of aromatic amines is 1. The van der Waals surface area contributed by atoms with Crippen molar-refractivity contribution in [3.63, 3.8) is 0 Å². The molecule has 1 amide bonds. The average molecular weight is 375 g/mol. The van der Waals surface area contributed by atoms with Crippen molar-refractivity contribution in [3.05, 3.63) is 60.8 Å². The first-order valence-corrected chi connectivity index (χ1v) is 9.61. The lowest BCUT2D eigenvalue weighted by molar-refractivity contribution is -0.123. The van der Waals surface area contributed by atoms with Gasteiger partial charge in [-0.15, -0.1) is 0 Å². The molecule has 0 aliphatic heterocycles. The van der Waals surface area contributed by atoms with Crippen LogP contribution in [0.2, 0.25) is 0 Å². The number of likely N-dealkylation sites (N-methyl/N-ethyl adjacent to an activating group) is 1. The number of H-pyrrole nitrogens is 1. The first-order chi connectivity index (χ1) is 13.7. The smallest absolute Gasteiger partial charge is 0.257 e. The van der Waals surface area contributed by atoms with Gasteiger partial charge < -0.3 is 15.0 Å². The number of carbonyl (C=O) groups excluding carboxylic acids is 1. The molecule has 144 valence electrons. The molecule has 4 rings (SSSR count). The van der Waals surface area contributed by atoms with Gasteiger partial charge in [-0.05, 0) is 30.7 Å². The van der Waals surface area contributed by atoms with Crippen molar-refractivity contribution in [2.24, 2.45) is 0 Å². The zero-order valence-electron chi connectivity index (χ0n) is 16.5.